The van der Waals surface area contributed by atoms with Gasteiger partial charge in [-0.2, -0.15) is 5.10 Å². The number of nitrogens with two attached hydrogens (primary N) is 1. The van der Waals surface area contributed by atoms with Gasteiger partial charge in [0, 0.05) is 79.0 Å². The van der Waals surface area contributed by atoms with Crippen molar-refractivity contribution < 1.29 is 43.2 Å². The number of phenols is 2. The molecule has 5 N–H and O–H groups in total. The van der Waals surface area contributed by atoms with Crippen LogP contribution in [-0.2, 0) is 16.0 Å². The number of halogens is 3. The van der Waals surface area contributed by atoms with Gasteiger partial charge in [-0.15, -0.1) is 0 Å². The normalized spacial score (nSPS) is 13.5. The maximum Gasteiger partial charge on any atom is 0.409 e. The van der Waals surface area contributed by atoms with E-state index in [1.807, 2.05) is 24.7 Å². The van der Waals surface area contributed by atoms with E-state index in [4.69, 9.17) is 43.1 Å². The van der Waals surface area contributed by atoms with Gasteiger partial charge >= 0.3 is 6.09 Å². The smallest absolute Gasteiger partial charge is 0.409 e. The highest BCUT2D eigenvalue weighted by Gasteiger charge is 2.26. The molecule has 3 amide bonds. The third-order valence-corrected chi connectivity index (χ3v) is 11.4. The highest BCUT2D eigenvalue weighted by atomic mass is 35.5. The maximum absolute atomic E-state index is 14.1. The number of aromatic hydroxyl groups is 2. The maximum atomic E-state index is 14.1. The Labute approximate surface area is 374 Å². The molecule has 1 saturated heterocycles. The van der Waals surface area contributed by atoms with Crippen molar-refractivity contribution in [1.82, 2.24) is 29.9 Å². The molecule has 0 spiro atoms. The Bertz CT molecular complexity index is 2430. The molecule has 6 rings (SSSR count). The molecular formula is C45H50Cl2FN7O8. The summed E-state index contributed by atoms with van der Waals surface area (Å²) in [5, 5.41) is 27.9. The fourth-order valence-electron chi connectivity index (χ4n) is 7.13. The molecule has 0 aliphatic carbocycles. The number of carbonyl (C=O) groups excluding carboxylic acids is 3. The number of hydrogen-bond donors (Lipinski definition) is 4. The molecule has 5 aromatic rings. The van der Waals surface area contributed by atoms with Crippen LogP contribution in [0.2, 0.25) is 10.0 Å². The number of hydrogen-bond acceptors (Lipinski definition) is 11. The van der Waals surface area contributed by atoms with E-state index >= 15 is 0 Å². The summed E-state index contributed by atoms with van der Waals surface area (Å²) in [5.74, 6) is -1.28. The van der Waals surface area contributed by atoms with Crippen LogP contribution < -0.4 is 15.8 Å². The fourth-order valence-corrected chi connectivity index (χ4v) is 7.81. The summed E-state index contributed by atoms with van der Waals surface area (Å²) in [7, 11) is 1.61. The summed E-state index contributed by atoms with van der Waals surface area (Å²) in [4.78, 5) is 45.9. The molecule has 2 aromatic heterocycles. The second kappa shape index (κ2) is 20.8. The molecule has 15 nitrogen and oxygen atoms in total. The summed E-state index contributed by atoms with van der Waals surface area (Å²) in [6, 6.07) is 13.9. The summed E-state index contributed by atoms with van der Waals surface area (Å²) in [5.41, 5.74) is 9.78. The molecule has 1 atom stereocenters. The molecule has 1 unspecified atom stereocenters. The van der Waals surface area contributed by atoms with Gasteiger partial charge in [-0.3, -0.25) is 14.3 Å². The molecular weight excluding hydrogens is 856 g/mol. The second-order valence-electron chi connectivity index (χ2n) is 15.5. The minimum atomic E-state index is -0.719. The average molecular weight is 907 g/mol. The second-order valence-corrected chi connectivity index (χ2v) is 16.3. The molecule has 1 aliphatic rings. The first-order chi connectivity index (χ1) is 30.1. The minimum Gasteiger partial charge on any atom is -0.508 e. The van der Waals surface area contributed by atoms with E-state index in [1.165, 1.54) is 29.2 Å². The zero-order valence-electron chi connectivity index (χ0n) is 35.3. The van der Waals surface area contributed by atoms with Crippen LogP contribution in [-0.4, -0.2) is 99.2 Å². The number of piperidine rings is 1. The van der Waals surface area contributed by atoms with Crippen molar-refractivity contribution >= 4 is 46.9 Å². The largest absolute Gasteiger partial charge is 0.508 e. The van der Waals surface area contributed by atoms with Crippen molar-refractivity contribution in [2.45, 2.75) is 58.2 Å². The van der Waals surface area contributed by atoms with E-state index < -0.39 is 23.9 Å². The third-order valence-electron chi connectivity index (χ3n) is 10.7. The molecule has 0 radical (unpaired) electrons. The number of carbonyl (C=O) groups is 3. The Morgan fingerprint density at radius 1 is 0.968 bits per heavy atom. The Hall–Kier alpha value is -6.10. The first-order valence-electron chi connectivity index (χ1n) is 20.4. The van der Waals surface area contributed by atoms with E-state index in [0.717, 1.165) is 11.1 Å². The number of benzene rings is 3. The van der Waals surface area contributed by atoms with Crippen LogP contribution >= 0.6 is 23.2 Å². The number of nitrogens with one attached hydrogen (secondary N) is 1. The summed E-state index contributed by atoms with van der Waals surface area (Å²) in [6.07, 6.45) is 5.41. The molecule has 18 heteroatoms. The number of nitrogens with zero attached hydrogens (tertiary/aromatic N) is 5. The van der Waals surface area contributed by atoms with Gasteiger partial charge in [-0.25, -0.2) is 14.2 Å². The number of anilines is 1. The lowest BCUT2D eigenvalue weighted by Crippen LogP contribution is -2.39. The molecule has 3 aromatic carbocycles. The van der Waals surface area contributed by atoms with Crippen LogP contribution in [0, 0.1) is 5.82 Å². The van der Waals surface area contributed by atoms with Crippen LogP contribution in [0.15, 0.2) is 73.2 Å². The van der Waals surface area contributed by atoms with Gasteiger partial charge in [-0.1, -0.05) is 49.2 Å². The number of aromatic nitrogens is 3. The van der Waals surface area contributed by atoms with Gasteiger partial charge in [0.25, 0.3) is 11.8 Å². The zero-order chi connectivity index (χ0) is 45.4. The zero-order valence-corrected chi connectivity index (χ0v) is 36.8. The standard InChI is InChI=1S/C45H50Cl2FN7O8/c1-26(2)33-20-34(38(57)21-37(33)56)44(59)53(4)24-28-5-7-29(8-6-28)43(58)50-13-16-61-17-18-62-45(60)54-14-11-32(12-15-54)55-25-31(23-52-55)30-19-39(42(49)51-22-30)63-27(3)40-35(46)9-10-36(48)41(40)47/h5-10,19-23,25-27,32,56-57H,11-18,24H2,1-4H3,(H2,49,51)(H,50,58). The molecule has 1 aliphatic heterocycles. The topological polar surface area (TPSA) is 195 Å². The van der Waals surface area contributed by atoms with Crippen molar-refractivity contribution in [3.63, 3.8) is 0 Å². The lowest BCUT2D eigenvalue weighted by atomic mass is 9.98. The molecule has 0 saturated carbocycles. The number of likely N-dealkylation sites (tertiary alicyclic amines) is 1. The number of phenolic OH excluding ortho intramolecular Hbond substituents is 2. The molecule has 3 heterocycles. The first-order valence-corrected chi connectivity index (χ1v) is 21.1. The quantitative estimate of drug-likeness (QED) is 0.0552. The lowest BCUT2D eigenvalue weighted by Gasteiger charge is -2.31. The lowest BCUT2D eigenvalue weighted by molar-refractivity contribution is 0.0492. The highest BCUT2D eigenvalue weighted by molar-refractivity contribution is 6.36. The van der Waals surface area contributed by atoms with E-state index in [0.29, 0.717) is 48.2 Å². The van der Waals surface area contributed by atoms with E-state index in [9.17, 15) is 29.0 Å². The summed E-state index contributed by atoms with van der Waals surface area (Å²) < 4.78 is 33.0. The summed E-state index contributed by atoms with van der Waals surface area (Å²) in [6.45, 7) is 7.33. The first kappa shape index (κ1) is 46.4. The van der Waals surface area contributed by atoms with Crippen LogP contribution in [0.25, 0.3) is 11.1 Å². The van der Waals surface area contributed by atoms with Gasteiger partial charge < -0.3 is 45.3 Å². The predicted molar refractivity (Wildman–Crippen MR) is 236 cm³/mol. The monoisotopic (exact) mass is 905 g/mol. The highest BCUT2D eigenvalue weighted by Crippen LogP contribution is 2.38. The number of ether oxygens (including phenoxy) is 3. The Morgan fingerprint density at radius 2 is 1.70 bits per heavy atom. The number of nitrogen functional groups attached to an aromatic ring is 1. The minimum absolute atomic E-state index is 0.0398. The van der Waals surface area contributed by atoms with Crippen LogP contribution in [0.5, 0.6) is 17.2 Å². The van der Waals surface area contributed by atoms with Crippen LogP contribution in [0.1, 0.15) is 89.1 Å². The van der Waals surface area contributed by atoms with E-state index in [2.05, 4.69) is 15.4 Å². The van der Waals surface area contributed by atoms with Gasteiger partial charge in [0.15, 0.2) is 11.6 Å². The van der Waals surface area contributed by atoms with Crippen molar-refractivity contribution in [3.8, 4) is 28.4 Å². The average Bonchev–Trinajstić information content (AvgIpc) is 3.76. The van der Waals surface area contributed by atoms with Gasteiger partial charge in [0.1, 0.15) is 30.0 Å². The van der Waals surface area contributed by atoms with Gasteiger partial charge in [0.2, 0.25) is 0 Å². The van der Waals surface area contributed by atoms with Crippen LogP contribution in [0.3, 0.4) is 0 Å². The van der Waals surface area contributed by atoms with E-state index in [-0.39, 0.29) is 89.5 Å². The molecule has 0 bridgehead atoms. The van der Waals surface area contributed by atoms with Gasteiger partial charge in [-0.05, 0) is 73.2 Å². The van der Waals surface area contributed by atoms with Crippen LogP contribution in [0.4, 0.5) is 15.0 Å². The molecule has 63 heavy (non-hydrogen) atoms. The SMILES string of the molecule is CC(C)c1cc(C(=O)N(C)Cc2ccc(C(=O)NCCOCCOC(=O)N3CCC(n4cc(-c5cnc(N)c(OC(C)c6c(Cl)ccc(F)c6Cl)c5)cn4)CC3)cc2)c(O)cc1O. The predicted octanol–water partition coefficient (Wildman–Crippen LogP) is 8.14. The van der Waals surface area contributed by atoms with Gasteiger partial charge in [0.05, 0.1) is 36.0 Å². The summed E-state index contributed by atoms with van der Waals surface area (Å²) >= 11 is 12.5. The Morgan fingerprint density at radius 3 is 2.41 bits per heavy atom. The molecule has 1 fully saturated rings. The van der Waals surface area contributed by atoms with Crippen molar-refractivity contribution in [2.75, 3.05) is 52.2 Å². The van der Waals surface area contributed by atoms with Crippen molar-refractivity contribution in [1.29, 1.82) is 0 Å². The van der Waals surface area contributed by atoms with Crippen molar-refractivity contribution in [2.24, 2.45) is 0 Å². The number of rotatable bonds is 16. The van der Waals surface area contributed by atoms with Crippen molar-refractivity contribution in [3.05, 3.63) is 117 Å². The Kier molecular flexibility index (Phi) is 15.4. The number of amides is 3. The number of pyridine rings is 1. The molecule has 334 valence electrons. The fraction of sp³-hybridized carbons (Fsp3) is 0.356. The Balaban J connectivity index is 0.871. The van der Waals surface area contributed by atoms with E-state index in [1.54, 1.807) is 61.6 Å². The third kappa shape index (κ3) is 11.5.